The van der Waals surface area contributed by atoms with Crippen molar-refractivity contribution < 1.29 is 17.9 Å². The van der Waals surface area contributed by atoms with Crippen molar-refractivity contribution in [3.63, 3.8) is 0 Å². The molecule has 19 heavy (non-hydrogen) atoms. The number of benzene rings is 1. The Labute approximate surface area is 111 Å². The molecule has 0 aliphatic carbocycles. The van der Waals surface area contributed by atoms with Crippen LogP contribution >= 0.6 is 0 Å². The van der Waals surface area contributed by atoms with Gasteiger partial charge in [-0.3, -0.25) is 0 Å². The largest absolute Gasteiger partial charge is 0.383 e. The highest BCUT2D eigenvalue weighted by Crippen LogP contribution is 2.14. The molecular formula is C13H19F3N2O. The summed E-state index contributed by atoms with van der Waals surface area (Å²) < 4.78 is 43.8. The molecule has 6 heteroatoms. The minimum Gasteiger partial charge on any atom is -0.383 e. The average molecular weight is 276 g/mol. The van der Waals surface area contributed by atoms with Gasteiger partial charge in [0.25, 0.3) is 0 Å². The van der Waals surface area contributed by atoms with Crippen LogP contribution in [0.2, 0.25) is 0 Å². The first-order valence-corrected chi connectivity index (χ1v) is 6.19. The van der Waals surface area contributed by atoms with Crippen molar-refractivity contribution in [1.82, 2.24) is 10.6 Å². The summed E-state index contributed by atoms with van der Waals surface area (Å²) in [7, 11) is 1.64. The Balaban J connectivity index is 2.18. The van der Waals surface area contributed by atoms with Crippen LogP contribution in [0.25, 0.3) is 0 Å². The Morgan fingerprint density at radius 2 is 1.74 bits per heavy atom. The number of halogens is 3. The molecule has 0 spiro atoms. The van der Waals surface area contributed by atoms with Crippen LogP contribution in [0.1, 0.15) is 12.0 Å². The van der Waals surface area contributed by atoms with E-state index in [1.807, 2.05) is 0 Å². The third kappa shape index (κ3) is 5.59. The molecule has 108 valence electrons. The molecule has 0 aliphatic rings. The van der Waals surface area contributed by atoms with E-state index in [1.54, 1.807) is 7.11 Å². The Morgan fingerprint density at radius 1 is 1.00 bits per heavy atom. The molecule has 0 unspecified atom stereocenters. The number of rotatable bonds is 9. The SMILES string of the molecule is COCCNCCCNCc1ccc(F)c(F)c1F. The molecule has 0 aliphatic heterocycles. The van der Waals surface area contributed by atoms with Gasteiger partial charge in [-0.2, -0.15) is 0 Å². The number of ether oxygens (including phenoxy) is 1. The van der Waals surface area contributed by atoms with Gasteiger partial charge in [0.05, 0.1) is 6.61 Å². The van der Waals surface area contributed by atoms with Gasteiger partial charge in [0.15, 0.2) is 17.5 Å². The van der Waals surface area contributed by atoms with Gasteiger partial charge in [-0.1, -0.05) is 6.07 Å². The van der Waals surface area contributed by atoms with Crippen LogP contribution in [-0.4, -0.2) is 33.4 Å². The van der Waals surface area contributed by atoms with E-state index in [2.05, 4.69) is 10.6 Å². The highest BCUT2D eigenvalue weighted by molar-refractivity contribution is 5.20. The van der Waals surface area contributed by atoms with Crippen LogP contribution in [0.4, 0.5) is 13.2 Å². The normalized spacial score (nSPS) is 10.9. The Morgan fingerprint density at radius 3 is 2.47 bits per heavy atom. The fraction of sp³-hybridized carbons (Fsp3) is 0.538. The third-order valence-corrected chi connectivity index (χ3v) is 2.62. The molecule has 0 saturated heterocycles. The van der Waals surface area contributed by atoms with Crippen molar-refractivity contribution in [2.45, 2.75) is 13.0 Å². The number of methoxy groups -OCH3 is 1. The predicted octanol–water partition coefficient (Wildman–Crippen LogP) is 1.82. The fourth-order valence-corrected chi connectivity index (χ4v) is 1.56. The summed E-state index contributed by atoms with van der Waals surface area (Å²) in [4.78, 5) is 0. The standard InChI is InChI=1S/C13H19F3N2O/c1-19-8-7-17-5-2-6-18-9-10-3-4-11(14)13(16)12(10)15/h3-4,17-18H,2,5-9H2,1H3. The minimum atomic E-state index is -1.42. The van der Waals surface area contributed by atoms with Crippen LogP contribution in [0, 0.1) is 17.5 Å². The minimum absolute atomic E-state index is 0.131. The lowest BCUT2D eigenvalue weighted by molar-refractivity contribution is 0.199. The zero-order valence-electron chi connectivity index (χ0n) is 10.9. The van der Waals surface area contributed by atoms with Gasteiger partial charge in [-0.25, -0.2) is 13.2 Å². The highest BCUT2D eigenvalue weighted by Gasteiger charge is 2.12. The lowest BCUT2D eigenvalue weighted by Crippen LogP contribution is -2.24. The van der Waals surface area contributed by atoms with E-state index in [0.29, 0.717) is 13.2 Å². The quantitative estimate of drug-likeness (QED) is 0.533. The predicted molar refractivity (Wildman–Crippen MR) is 67.4 cm³/mol. The molecule has 0 aromatic heterocycles. The maximum absolute atomic E-state index is 13.3. The van der Waals surface area contributed by atoms with E-state index >= 15 is 0 Å². The molecule has 1 rings (SSSR count). The monoisotopic (exact) mass is 276 g/mol. The maximum Gasteiger partial charge on any atom is 0.194 e. The fourth-order valence-electron chi connectivity index (χ4n) is 1.56. The van der Waals surface area contributed by atoms with Crippen molar-refractivity contribution in [2.75, 3.05) is 33.4 Å². The summed E-state index contributed by atoms with van der Waals surface area (Å²) >= 11 is 0. The highest BCUT2D eigenvalue weighted by atomic mass is 19.2. The van der Waals surface area contributed by atoms with Gasteiger partial charge >= 0.3 is 0 Å². The molecule has 0 saturated carbocycles. The average Bonchev–Trinajstić information content (AvgIpc) is 2.41. The summed E-state index contributed by atoms with van der Waals surface area (Å²) in [6.07, 6.45) is 0.856. The van der Waals surface area contributed by atoms with Crippen molar-refractivity contribution in [2.24, 2.45) is 0 Å². The van der Waals surface area contributed by atoms with E-state index < -0.39 is 17.5 Å². The van der Waals surface area contributed by atoms with Gasteiger partial charge in [-0.05, 0) is 25.6 Å². The van der Waals surface area contributed by atoms with Gasteiger partial charge in [0, 0.05) is 25.8 Å². The van der Waals surface area contributed by atoms with Gasteiger partial charge in [0.2, 0.25) is 0 Å². The molecule has 1 aromatic rings. The van der Waals surface area contributed by atoms with Gasteiger partial charge < -0.3 is 15.4 Å². The molecule has 0 atom stereocenters. The number of hydrogen-bond donors (Lipinski definition) is 2. The van der Waals surface area contributed by atoms with E-state index in [9.17, 15) is 13.2 Å². The topological polar surface area (TPSA) is 33.3 Å². The van der Waals surface area contributed by atoms with E-state index in [1.165, 1.54) is 6.07 Å². The van der Waals surface area contributed by atoms with E-state index in [4.69, 9.17) is 4.74 Å². The Kier molecular flexibility index (Phi) is 7.47. The lowest BCUT2D eigenvalue weighted by Gasteiger charge is -2.07. The van der Waals surface area contributed by atoms with Crippen LogP contribution in [0.15, 0.2) is 12.1 Å². The van der Waals surface area contributed by atoms with Gasteiger partial charge in [0.1, 0.15) is 0 Å². The summed E-state index contributed by atoms with van der Waals surface area (Å²) in [6.45, 7) is 3.11. The van der Waals surface area contributed by atoms with Gasteiger partial charge in [-0.15, -0.1) is 0 Å². The van der Waals surface area contributed by atoms with Crippen molar-refractivity contribution in [3.05, 3.63) is 35.1 Å². The molecule has 0 heterocycles. The Hall–Kier alpha value is -1.11. The Bertz CT molecular complexity index is 388. The first kappa shape index (κ1) is 15.9. The second-order valence-electron chi connectivity index (χ2n) is 4.11. The van der Waals surface area contributed by atoms with Crippen molar-refractivity contribution in [3.8, 4) is 0 Å². The molecule has 0 amide bonds. The smallest absolute Gasteiger partial charge is 0.194 e. The van der Waals surface area contributed by atoms with Crippen molar-refractivity contribution >= 4 is 0 Å². The zero-order valence-corrected chi connectivity index (χ0v) is 10.9. The summed E-state index contributed by atoms with van der Waals surface area (Å²) in [5.41, 5.74) is 0.131. The molecule has 2 N–H and O–H groups in total. The van der Waals surface area contributed by atoms with E-state index in [-0.39, 0.29) is 12.1 Å². The zero-order chi connectivity index (χ0) is 14.1. The summed E-state index contributed by atoms with van der Waals surface area (Å²) in [5, 5.41) is 6.14. The molecular weight excluding hydrogens is 257 g/mol. The molecule has 3 nitrogen and oxygen atoms in total. The summed E-state index contributed by atoms with van der Waals surface area (Å²) in [5.74, 6) is -3.70. The van der Waals surface area contributed by atoms with Crippen LogP contribution in [0.5, 0.6) is 0 Å². The molecule has 0 fully saturated rings. The van der Waals surface area contributed by atoms with Crippen LogP contribution in [0.3, 0.4) is 0 Å². The first-order chi connectivity index (χ1) is 9.16. The van der Waals surface area contributed by atoms with E-state index in [0.717, 1.165) is 25.6 Å². The number of nitrogens with one attached hydrogen (secondary N) is 2. The lowest BCUT2D eigenvalue weighted by atomic mass is 10.2. The van der Waals surface area contributed by atoms with Crippen LogP contribution < -0.4 is 10.6 Å². The number of hydrogen-bond acceptors (Lipinski definition) is 3. The maximum atomic E-state index is 13.3. The molecule has 0 radical (unpaired) electrons. The second kappa shape index (κ2) is 8.90. The van der Waals surface area contributed by atoms with Crippen molar-refractivity contribution in [1.29, 1.82) is 0 Å². The van der Waals surface area contributed by atoms with Crippen LogP contribution in [-0.2, 0) is 11.3 Å². The third-order valence-electron chi connectivity index (χ3n) is 2.62. The second-order valence-corrected chi connectivity index (χ2v) is 4.11. The first-order valence-electron chi connectivity index (χ1n) is 6.19. The molecule has 1 aromatic carbocycles. The molecule has 0 bridgehead atoms. The summed E-state index contributed by atoms with van der Waals surface area (Å²) in [6, 6.07) is 2.18.